The fourth-order valence-corrected chi connectivity index (χ4v) is 3.33. The Morgan fingerprint density at radius 3 is 2.47 bits per heavy atom. The van der Waals surface area contributed by atoms with E-state index in [9.17, 15) is 9.59 Å². The van der Waals surface area contributed by atoms with E-state index in [0.717, 1.165) is 28.8 Å². The molecule has 32 heavy (non-hydrogen) atoms. The number of nitrogens with one attached hydrogen (secondary N) is 3. The van der Waals surface area contributed by atoms with E-state index < -0.39 is 6.04 Å². The highest BCUT2D eigenvalue weighted by atomic mass is 16.5. The summed E-state index contributed by atoms with van der Waals surface area (Å²) in [6, 6.07) is 14.1. The first-order valence-corrected chi connectivity index (χ1v) is 10.8. The molecule has 3 rings (SSSR count). The Morgan fingerprint density at radius 1 is 1.09 bits per heavy atom. The number of nitrogens with zero attached hydrogens (tertiary/aromatic N) is 1. The van der Waals surface area contributed by atoms with Gasteiger partial charge in [0.2, 0.25) is 11.8 Å². The van der Waals surface area contributed by atoms with Crippen LogP contribution in [-0.2, 0) is 9.59 Å². The second kappa shape index (κ2) is 10.6. The first kappa shape index (κ1) is 23.1. The molecule has 0 radical (unpaired) electrons. The van der Waals surface area contributed by atoms with Crippen molar-refractivity contribution in [1.29, 1.82) is 0 Å². The third kappa shape index (κ3) is 5.75. The van der Waals surface area contributed by atoms with E-state index in [-0.39, 0.29) is 23.8 Å². The monoisotopic (exact) mass is 434 g/mol. The molecule has 168 valence electrons. The number of benzene rings is 2. The number of para-hydroxylation sites is 2. The summed E-state index contributed by atoms with van der Waals surface area (Å²) in [6.45, 7) is 5.81. The summed E-state index contributed by atoms with van der Waals surface area (Å²) in [5.41, 5.74) is 2.64. The second-order valence-corrected chi connectivity index (χ2v) is 7.85. The first-order chi connectivity index (χ1) is 15.4. The lowest BCUT2D eigenvalue weighted by Gasteiger charge is -2.24. The molecule has 2 aromatic carbocycles. The number of carbonyl (C=O) groups is 2. The molecule has 0 saturated heterocycles. The van der Waals surface area contributed by atoms with Crippen molar-refractivity contribution in [2.75, 3.05) is 7.11 Å². The van der Waals surface area contributed by atoms with Crippen LogP contribution in [0.4, 0.5) is 0 Å². The van der Waals surface area contributed by atoms with E-state index in [1.807, 2.05) is 48.5 Å². The topological polar surface area (TPSA) is 96.1 Å². The predicted octanol–water partition coefficient (Wildman–Crippen LogP) is 3.99. The van der Waals surface area contributed by atoms with Gasteiger partial charge in [0.25, 0.3) is 0 Å². The largest absolute Gasteiger partial charge is 0.497 e. The minimum absolute atomic E-state index is 0.164. The summed E-state index contributed by atoms with van der Waals surface area (Å²) in [6.07, 6.45) is 3.97. The van der Waals surface area contributed by atoms with Crippen molar-refractivity contribution in [3.8, 4) is 5.75 Å². The normalized spacial score (nSPS) is 14.1. The molecule has 3 unspecified atom stereocenters. The highest BCUT2D eigenvalue weighted by molar-refractivity contribution is 5.95. The van der Waals surface area contributed by atoms with Gasteiger partial charge < -0.3 is 20.4 Å². The van der Waals surface area contributed by atoms with Gasteiger partial charge in [-0.1, -0.05) is 44.5 Å². The minimum Gasteiger partial charge on any atom is -0.497 e. The molecule has 1 aromatic heterocycles. The zero-order chi connectivity index (χ0) is 23.1. The molecule has 0 aliphatic rings. The second-order valence-electron chi connectivity index (χ2n) is 7.85. The smallest absolute Gasteiger partial charge is 0.244 e. The van der Waals surface area contributed by atoms with Gasteiger partial charge in [0.15, 0.2) is 0 Å². The van der Waals surface area contributed by atoms with Gasteiger partial charge in [-0.25, -0.2) is 4.98 Å². The van der Waals surface area contributed by atoms with Crippen molar-refractivity contribution >= 4 is 28.9 Å². The van der Waals surface area contributed by atoms with Gasteiger partial charge in [0.1, 0.15) is 17.6 Å². The maximum Gasteiger partial charge on any atom is 0.244 e. The molecule has 0 aliphatic heterocycles. The van der Waals surface area contributed by atoms with Gasteiger partial charge in [0.05, 0.1) is 24.2 Å². The fourth-order valence-electron chi connectivity index (χ4n) is 3.33. The molecule has 0 saturated carbocycles. The standard InChI is InChI=1S/C25H30N4O3/c1-5-16(2)23(24-27-20-8-6-7-9-21(20)28-24)29-25(31)17(3)26-22(30)15-12-18-10-13-19(32-4)14-11-18/h6-17,23H,5H2,1-4H3,(H,26,30)(H,27,28)(H,29,31). The summed E-state index contributed by atoms with van der Waals surface area (Å²) in [5.74, 6) is 1.02. The Morgan fingerprint density at radius 2 is 1.81 bits per heavy atom. The van der Waals surface area contributed by atoms with Crippen LogP contribution in [0.2, 0.25) is 0 Å². The number of fused-ring (bicyclic) bond motifs is 1. The average molecular weight is 435 g/mol. The molecule has 0 aliphatic carbocycles. The molecule has 0 fully saturated rings. The lowest BCUT2D eigenvalue weighted by atomic mass is 9.98. The van der Waals surface area contributed by atoms with E-state index in [0.29, 0.717) is 5.82 Å². The van der Waals surface area contributed by atoms with Crippen LogP contribution in [0.3, 0.4) is 0 Å². The van der Waals surface area contributed by atoms with Crippen molar-refractivity contribution < 1.29 is 14.3 Å². The van der Waals surface area contributed by atoms with E-state index in [1.165, 1.54) is 6.08 Å². The Kier molecular flexibility index (Phi) is 7.65. The van der Waals surface area contributed by atoms with Crippen LogP contribution in [0.25, 0.3) is 17.1 Å². The molecular formula is C25H30N4O3. The number of rotatable bonds is 9. The molecule has 2 amide bonds. The van der Waals surface area contributed by atoms with Gasteiger partial charge in [0, 0.05) is 6.08 Å². The summed E-state index contributed by atoms with van der Waals surface area (Å²) in [7, 11) is 1.60. The Hall–Kier alpha value is -3.61. The van der Waals surface area contributed by atoms with Gasteiger partial charge in [-0.05, 0) is 48.7 Å². The molecule has 0 spiro atoms. The van der Waals surface area contributed by atoms with Crippen LogP contribution in [0.1, 0.15) is 44.6 Å². The fraction of sp³-hybridized carbons (Fsp3) is 0.320. The maximum atomic E-state index is 12.8. The van der Waals surface area contributed by atoms with Crippen LogP contribution in [-0.4, -0.2) is 34.9 Å². The van der Waals surface area contributed by atoms with E-state index >= 15 is 0 Å². The molecule has 3 N–H and O–H groups in total. The Bertz CT molecular complexity index is 1060. The number of aromatic nitrogens is 2. The number of carbonyl (C=O) groups excluding carboxylic acids is 2. The molecule has 0 bridgehead atoms. The number of aromatic amines is 1. The molecule has 3 aromatic rings. The average Bonchev–Trinajstić information content (AvgIpc) is 3.24. The van der Waals surface area contributed by atoms with Crippen LogP contribution in [0.15, 0.2) is 54.6 Å². The van der Waals surface area contributed by atoms with Crippen molar-refractivity contribution in [1.82, 2.24) is 20.6 Å². The zero-order valence-corrected chi connectivity index (χ0v) is 18.9. The highest BCUT2D eigenvalue weighted by Gasteiger charge is 2.26. The number of imidazole rings is 1. The zero-order valence-electron chi connectivity index (χ0n) is 18.9. The van der Waals surface area contributed by atoms with Gasteiger partial charge >= 0.3 is 0 Å². The van der Waals surface area contributed by atoms with Gasteiger partial charge in [-0.2, -0.15) is 0 Å². The van der Waals surface area contributed by atoms with Crippen LogP contribution < -0.4 is 15.4 Å². The molecule has 1 heterocycles. The quantitative estimate of drug-likeness (QED) is 0.444. The van der Waals surface area contributed by atoms with Gasteiger partial charge in [-0.3, -0.25) is 9.59 Å². The predicted molar refractivity (Wildman–Crippen MR) is 126 cm³/mol. The van der Waals surface area contributed by atoms with E-state index in [1.54, 1.807) is 20.1 Å². The number of amides is 2. The minimum atomic E-state index is -0.695. The first-order valence-electron chi connectivity index (χ1n) is 10.8. The SMILES string of the molecule is CCC(C)C(NC(=O)C(C)NC(=O)C=Cc1ccc(OC)cc1)c1nc2ccccc2[nH]1. The summed E-state index contributed by atoms with van der Waals surface area (Å²) in [5, 5.41) is 5.77. The lowest BCUT2D eigenvalue weighted by molar-refractivity contribution is -0.127. The molecule has 7 heteroatoms. The van der Waals surface area contributed by atoms with Crippen molar-refractivity contribution in [2.45, 2.75) is 39.3 Å². The molecular weight excluding hydrogens is 404 g/mol. The number of hydrogen-bond donors (Lipinski definition) is 3. The van der Waals surface area contributed by atoms with Crippen molar-refractivity contribution in [3.05, 3.63) is 66.0 Å². The van der Waals surface area contributed by atoms with Crippen LogP contribution in [0, 0.1) is 5.92 Å². The van der Waals surface area contributed by atoms with E-state index in [4.69, 9.17) is 4.74 Å². The Labute approximate surface area is 188 Å². The van der Waals surface area contributed by atoms with Gasteiger partial charge in [-0.15, -0.1) is 0 Å². The number of hydrogen-bond acceptors (Lipinski definition) is 4. The lowest BCUT2D eigenvalue weighted by Crippen LogP contribution is -2.46. The molecule has 3 atom stereocenters. The van der Waals surface area contributed by atoms with Crippen LogP contribution in [0.5, 0.6) is 5.75 Å². The molecule has 7 nitrogen and oxygen atoms in total. The van der Waals surface area contributed by atoms with Crippen molar-refractivity contribution in [3.63, 3.8) is 0 Å². The third-order valence-electron chi connectivity index (χ3n) is 5.51. The number of H-pyrrole nitrogens is 1. The maximum absolute atomic E-state index is 12.8. The number of methoxy groups -OCH3 is 1. The summed E-state index contributed by atoms with van der Waals surface area (Å²) >= 11 is 0. The van der Waals surface area contributed by atoms with E-state index in [2.05, 4.69) is 34.4 Å². The number of ether oxygens (including phenoxy) is 1. The summed E-state index contributed by atoms with van der Waals surface area (Å²) < 4.78 is 5.12. The summed E-state index contributed by atoms with van der Waals surface area (Å²) in [4.78, 5) is 33.1. The Balaban J connectivity index is 1.63. The van der Waals surface area contributed by atoms with Crippen molar-refractivity contribution in [2.24, 2.45) is 5.92 Å². The van der Waals surface area contributed by atoms with Crippen LogP contribution >= 0.6 is 0 Å². The highest BCUT2D eigenvalue weighted by Crippen LogP contribution is 2.24. The third-order valence-corrected chi connectivity index (χ3v) is 5.51.